The van der Waals surface area contributed by atoms with Crippen LogP contribution in [0, 0.1) is 0 Å². The van der Waals surface area contributed by atoms with Gasteiger partial charge in [-0.1, -0.05) is 0 Å². The van der Waals surface area contributed by atoms with Gasteiger partial charge < -0.3 is 14.6 Å². The fourth-order valence-electron chi connectivity index (χ4n) is 1.09. The zero-order valence-electron chi connectivity index (χ0n) is 10.0. The fourth-order valence-corrected chi connectivity index (χ4v) is 1.09. The smallest absolute Gasteiger partial charge is 0.0821 e. The van der Waals surface area contributed by atoms with E-state index in [1.165, 1.54) is 0 Å². The first-order valence-corrected chi connectivity index (χ1v) is 5.30. The minimum Gasteiger partial charge on any atom is -0.390 e. The fraction of sp³-hybridized carbons (Fsp3) is 1.00. The van der Waals surface area contributed by atoms with E-state index in [0.29, 0.717) is 19.6 Å². The summed E-state index contributed by atoms with van der Waals surface area (Å²) in [5.41, 5.74) is -0.130. The molecule has 86 valence electrons. The summed E-state index contributed by atoms with van der Waals surface area (Å²) in [6.07, 6.45) is 0.0826. The summed E-state index contributed by atoms with van der Waals surface area (Å²) >= 11 is 0. The van der Waals surface area contributed by atoms with Gasteiger partial charge in [-0.2, -0.15) is 0 Å². The van der Waals surface area contributed by atoms with Gasteiger partial charge in [0.25, 0.3) is 0 Å². The van der Waals surface area contributed by atoms with E-state index in [0.717, 1.165) is 0 Å². The first-order valence-electron chi connectivity index (χ1n) is 5.30. The van der Waals surface area contributed by atoms with Crippen LogP contribution in [0.3, 0.4) is 0 Å². The second-order valence-corrected chi connectivity index (χ2v) is 4.48. The maximum atomic E-state index is 9.64. The molecule has 2 atom stereocenters. The minimum atomic E-state index is -0.433. The maximum absolute atomic E-state index is 9.64. The standard InChI is InChI=1S/C11H24O3/c1-6-13-9(2)10(12)7-8-14-11(3,4)5/h9-10,12H,6-8H2,1-5H3. The SMILES string of the molecule is CCOC(C)C(O)CCOC(C)(C)C. The van der Waals surface area contributed by atoms with Crippen molar-refractivity contribution in [2.75, 3.05) is 13.2 Å². The molecule has 0 aromatic carbocycles. The van der Waals surface area contributed by atoms with Crippen LogP contribution in [0.4, 0.5) is 0 Å². The molecule has 0 aliphatic heterocycles. The molecular weight excluding hydrogens is 180 g/mol. The summed E-state index contributed by atoms with van der Waals surface area (Å²) in [6, 6.07) is 0. The Bertz CT molecular complexity index is 140. The van der Waals surface area contributed by atoms with Crippen LogP contribution in [-0.4, -0.2) is 36.1 Å². The molecule has 0 fully saturated rings. The van der Waals surface area contributed by atoms with E-state index in [1.54, 1.807) is 0 Å². The number of aliphatic hydroxyl groups is 1. The van der Waals surface area contributed by atoms with Gasteiger partial charge >= 0.3 is 0 Å². The van der Waals surface area contributed by atoms with E-state index in [4.69, 9.17) is 9.47 Å². The Morgan fingerprint density at radius 1 is 1.29 bits per heavy atom. The van der Waals surface area contributed by atoms with Crippen LogP contribution < -0.4 is 0 Å². The molecule has 0 bridgehead atoms. The largest absolute Gasteiger partial charge is 0.390 e. The Balaban J connectivity index is 3.58. The maximum Gasteiger partial charge on any atom is 0.0821 e. The van der Waals surface area contributed by atoms with Crippen LogP contribution in [0.1, 0.15) is 41.0 Å². The van der Waals surface area contributed by atoms with Gasteiger partial charge in [-0.15, -0.1) is 0 Å². The van der Waals surface area contributed by atoms with Gasteiger partial charge in [0.1, 0.15) is 0 Å². The highest BCUT2D eigenvalue weighted by Crippen LogP contribution is 2.09. The van der Waals surface area contributed by atoms with Gasteiger partial charge in [-0.25, -0.2) is 0 Å². The van der Waals surface area contributed by atoms with Crippen molar-refractivity contribution in [1.82, 2.24) is 0 Å². The molecule has 2 unspecified atom stereocenters. The van der Waals surface area contributed by atoms with Crippen LogP contribution in [0.2, 0.25) is 0 Å². The van der Waals surface area contributed by atoms with Gasteiger partial charge in [-0.3, -0.25) is 0 Å². The summed E-state index contributed by atoms with van der Waals surface area (Å²) in [7, 11) is 0. The molecule has 0 rings (SSSR count). The first-order chi connectivity index (χ1) is 6.37. The summed E-state index contributed by atoms with van der Waals surface area (Å²) < 4.78 is 10.8. The molecule has 14 heavy (non-hydrogen) atoms. The van der Waals surface area contributed by atoms with E-state index in [-0.39, 0.29) is 11.7 Å². The third-order valence-electron chi connectivity index (χ3n) is 1.92. The quantitative estimate of drug-likeness (QED) is 0.719. The number of hydrogen-bond acceptors (Lipinski definition) is 3. The molecule has 0 aliphatic rings. The summed E-state index contributed by atoms with van der Waals surface area (Å²) in [5.74, 6) is 0. The van der Waals surface area contributed by atoms with Crippen LogP contribution in [0.25, 0.3) is 0 Å². The van der Waals surface area contributed by atoms with Gasteiger partial charge in [0.15, 0.2) is 0 Å². The van der Waals surface area contributed by atoms with Crippen molar-refractivity contribution < 1.29 is 14.6 Å². The topological polar surface area (TPSA) is 38.7 Å². The van der Waals surface area contributed by atoms with E-state index in [1.807, 2.05) is 34.6 Å². The Labute approximate surface area is 87.4 Å². The lowest BCUT2D eigenvalue weighted by Gasteiger charge is -2.23. The van der Waals surface area contributed by atoms with Crippen LogP contribution in [0.15, 0.2) is 0 Å². The predicted molar refractivity (Wildman–Crippen MR) is 57.4 cm³/mol. The summed E-state index contributed by atoms with van der Waals surface area (Å²) in [5, 5.41) is 9.64. The molecule has 0 saturated heterocycles. The number of hydrogen-bond donors (Lipinski definition) is 1. The van der Waals surface area contributed by atoms with Crippen molar-refractivity contribution in [2.24, 2.45) is 0 Å². The van der Waals surface area contributed by atoms with Gasteiger partial charge in [0.05, 0.1) is 17.8 Å². The molecule has 0 aliphatic carbocycles. The Hall–Kier alpha value is -0.120. The lowest BCUT2D eigenvalue weighted by atomic mass is 10.1. The molecule has 0 radical (unpaired) electrons. The zero-order valence-corrected chi connectivity index (χ0v) is 10.0. The van der Waals surface area contributed by atoms with E-state index in [2.05, 4.69) is 0 Å². The van der Waals surface area contributed by atoms with Gasteiger partial charge in [-0.05, 0) is 41.0 Å². The average molecular weight is 204 g/mol. The molecule has 1 N–H and O–H groups in total. The van der Waals surface area contributed by atoms with E-state index >= 15 is 0 Å². The Morgan fingerprint density at radius 3 is 2.29 bits per heavy atom. The number of rotatable bonds is 6. The minimum absolute atomic E-state index is 0.108. The van der Waals surface area contributed by atoms with Gasteiger partial charge in [0.2, 0.25) is 0 Å². The molecule has 0 spiro atoms. The van der Waals surface area contributed by atoms with Crippen LogP contribution >= 0.6 is 0 Å². The predicted octanol–water partition coefficient (Wildman–Crippen LogP) is 1.98. The molecule has 0 aromatic rings. The molecule has 0 heterocycles. The van der Waals surface area contributed by atoms with Crippen molar-refractivity contribution in [3.8, 4) is 0 Å². The summed E-state index contributed by atoms with van der Waals surface area (Å²) in [4.78, 5) is 0. The molecule has 0 aromatic heterocycles. The Kier molecular flexibility index (Phi) is 6.33. The number of ether oxygens (including phenoxy) is 2. The second-order valence-electron chi connectivity index (χ2n) is 4.48. The van der Waals surface area contributed by atoms with Crippen molar-refractivity contribution in [2.45, 2.75) is 58.8 Å². The second kappa shape index (κ2) is 6.38. The van der Waals surface area contributed by atoms with Crippen molar-refractivity contribution in [3.63, 3.8) is 0 Å². The van der Waals surface area contributed by atoms with E-state index < -0.39 is 6.10 Å². The number of aliphatic hydroxyl groups excluding tert-OH is 1. The highest BCUT2D eigenvalue weighted by Gasteiger charge is 2.16. The van der Waals surface area contributed by atoms with Crippen LogP contribution in [-0.2, 0) is 9.47 Å². The van der Waals surface area contributed by atoms with Crippen LogP contribution in [0.5, 0.6) is 0 Å². The lowest BCUT2D eigenvalue weighted by molar-refractivity contribution is -0.0574. The molecule has 0 saturated carbocycles. The monoisotopic (exact) mass is 204 g/mol. The highest BCUT2D eigenvalue weighted by molar-refractivity contribution is 4.65. The first kappa shape index (κ1) is 13.9. The average Bonchev–Trinajstić information content (AvgIpc) is 2.02. The zero-order chi connectivity index (χ0) is 11.2. The van der Waals surface area contributed by atoms with Gasteiger partial charge in [0, 0.05) is 13.2 Å². The molecule has 0 amide bonds. The van der Waals surface area contributed by atoms with Crippen molar-refractivity contribution in [3.05, 3.63) is 0 Å². The molecule has 3 heteroatoms. The molecule has 3 nitrogen and oxygen atoms in total. The third-order valence-corrected chi connectivity index (χ3v) is 1.92. The normalized spacial score (nSPS) is 16.7. The van der Waals surface area contributed by atoms with Crippen molar-refractivity contribution >= 4 is 0 Å². The van der Waals surface area contributed by atoms with E-state index in [9.17, 15) is 5.11 Å². The van der Waals surface area contributed by atoms with Crippen molar-refractivity contribution in [1.29, 1.82) is 0 Å². The summed E-state index contributed by atoms with van der Waals surface area (Å²) in [6.45, 7) is 11.0. The lowest BCUT2D eigenvalue weighted by Crippen LogP contribution is -2.29. The molecular formula is C11H24O3. The Morgan fingerprint density at radius 2 is 1.86 bits per heavy atom. The highest BCUT2D eigenvalue weighted by atomic mass is 16.5. The third kappa shape index (κ3) is 7.30.